The summed E-state index contributed by atoms with van der Waals surface area (Å²) in [6, 6.07) is 15.7. The molecule has 136 valence electrons. The first-order valence-corrected chi connectivity index (χ1v) is 10.6. The maximum Gasteiger partial charge on any atom is 0.241 e. The number of carbonyl (C=O) groups is 2. The maximum absolute atomic E-state index is 12.5. The Morgan fingerprint density at radius 3 is 2.27 bits per heavy atom. The van der Waals surface area contributed by atoms with Gasteiger partial charge in [-0.25, -0.2) is 4.90 Å². The third-order valence-electron chi connectivity index (χ3n) is 4.99. The van der Waals surface area contributed by atoms with E-state index in [9.17, 15) is 9.59 Å². The summed E-state index contributed by atoms with van der Waals surface area (Å²) >= 11 is 5.14. The first-order chi connectivity index (χ1) is 12.4. The monoisotopic (exact) mass is 431 g/mol. The highest BCUT2D eigenvalue weighted by Crippen LogP contribution is 2.46. The van der Waals surface area contributed by atoms with Crippen LogP contribution >= 0.6 is 27.7 Å². The van der Waals surface area contributed by atoms with Crippen LogP contribution in [0.4, 0.5) is 5.69 Å². The molecular formula is C21H22BrNO2S. The number of carbonyl (C=O) groups excluding carboxylic acids is 2. The second-order valence-electron chi connectivity index (χ2n) is 6.86. The molecule has 2 heterocycles. The third kappa shape index (κ3) is 3.89. The highest BCUT2D eigenvalue weighted by atomic mass is 79.9. The summed E-state index contributed by atoms with van der Waals surface area (Å²) < 4.78 is 0.877. The molecule has 2 saturated heterocycles. The number of anilines is 1. The summed E-state index contributed by atoms with van der Waals surface area (Å²) in [5, 5.41) is 0. The Balaban J connectivity index is 0.000000206. The number of aryl methyl sites for hydroxylation is 2. The van der Waals surface area contributed by atoms with Crippen LogP contribution in [0.3, 0.4) is 0 Å². The number of hydrogen-bond acceptors (Lipinski definition) is 3. The van der Waals surface area contributed by atoms with Crippen LogP contribution in [0.2, 0.25) is 0 Å². The van der Waals surface area contributed by atoms with Crippen molar-refractivity contribution in [1.29, 1.82) is 0 Å². The Hall–Kier alpha value is -1.59. The van der Waals surface area contributed by atoms with Crippen molar-refractivity contribution >= 4 is 45.2 Å². The molecule has 0 radical (unpaired) electrons. The lowest BCUT2D eigenvalue weighted by atomic mass is 9.86. The first-order valence-electron chi connectivity index (χ1n) is 8.66. The molecule has 2 aliphatic rings. The van der Waals surface area contributed by atoms with Crippen LogP contribution in [-0.2, 0) is 9.59 Å². The zero-order valence-corrected chi connectivity index (χ0v) is 17.4. The van der Waals surface area contributed by atoms with Gasteiger partial charge >= 0.3 is 0 Å². The number of rotatable bonds is 1. The van der Waals surface area contributed by atoms with Gasteiger partial charge in [0.2, 0.25) is 11.8 Å². The molecule has 3 nitrogen and oxygen atoms in total. The van der Waals surface area contributed by atoms with E-state index in [1.807, 2.05) is 24.3 Å². The van der Waals surface area contributed by atoms with E-state index in [4.69, 9.17) is 0 Å². The lowest BCUT2D eigenvalue weighted by molar-refractivity contribution is -0.124. The van der Waals surface area contributed by atoms with E-state index < -0.39 is 5.41 Å². The highest BCUT2D eigenvalue weighted by molar-refractivity contribution is 9.10. The first kappa shape index (κ1) is 19.2. The molecule has 5 heteroatoms. The Morgan fingerprint density at radius 1 is 1.04 bits per heavy atom. The number of imide groups is 1. The molecule has 26 heavy (non-hydrogen) atoms. The highest BCUT2D eigenvalue weighted by Gasteiger charge is 2.53. The van der Waals surface area contributed by atoms with E-state index in [1.54, 1.807) is 11.8 Å². The number of nitrogens with zero attached hydrogens (tertiary/aromatic N) is 1. The average Bonchev–Trinajstić information content (AvgIpc) is 3.17. The van der Waals surface area contributed by atoms with Gasteiger partial charge in [-0.3, -0.25) is 9.59 Å². The molecule has 0 bridgehead atoms. The van der Waals surface area contributed by atoms with Crippen LogP contribution in [0.15, 0.2) is 53.0 Å². The van der Waals surface area contributed by atoms with Crippen LogP contribution in [0, 0.1) is 19.3 Å². The van der Waals surface area contributed by atoms with Crippen molar-refractivity contribution < 1.29 is 9.59 Å². The molecule has 1 atom stereocenters. The van der Waals surface area contributed by atoms with Gasteiger partial charge in [-0.05, 0) is 55.3 Å². The van der Waals surface area contributed by atoms with E-state index in [1.165, 1.54) is 16.0 Å². The lowest BCUT2D eigenvalue weighted by Crippen LogP contribution is -2.35. The van der Waals surface area contributed by atoms with E-state index in [0.29, 0.717) is 12.1 Å². The molecule has 2 amide bonds. The second kappa shape index (κ2) is 7.97. The summed E-state index contributed by atoms with van der Waals surface area (Å²) in [5.74, 6) is 1.67. The number of amides is 2. The molecule has 2 fully saturated rings. The van der Waals surface area contributed by atoms with Gasteiger partial charge in [0.1, 0.15) is 0 Å². The minimum absolute atomic E-state index is 0.0180. The van der Waals surface area contributed by atoms with Crippen LogP contribution in [0.25, 0.3) is 0 Å². The van der Waals surface area contributed by atoms with Gasteiger partial charge < -0.3 is 0 Å². The summed E-state index contributed by atoms with van der Waals surface area (Å²) in [5.41, 5.74) is 2.98. The third-order valence-corrected chi connectivity index (χ3v) is 6.73. The van der Waals surface area contributed by atoms with Crippen molar-refractivity contribution in [1.82, 2.24) is 0 Å². The minimum Gasteiger partial charge on any atom is -0.274 e. The fourth-order valence-corrected chi connectivity index (χ4v) is 5.08. The zero-order chi connectivity index (χ0) is 18.7. The van der Waals surface area contributed by atoms with Gasteiger partial charge in [-0.2, -0.15) is 11.8 Å². The van der Waals surface area contributed by atoms with Crippen molar-refractivity contribution in [2.45, 2.75) is 26.7 Å². The summed E-state index contributed by atoms with van der Waals surface area (Å²) in [4.78, 5) is 26.0. The van der Waals surface area contributed by atoms with E-state index in [-0.39, 0.29) is 11.8 Å². The van der Waals surface area contributed by atoms with Crippen molar-refractivity contribution in [2.75, 3.05) is 16.4 Å². The molecule has 0 aromatic heterocycles. The summed E-state index contributed by atoms with van der Waals surface area (Å²) in [7, 11) is 0. The van der Waals surface area contributed by atoms with Gasteiger partial charge in [0.15, 0.2) is 0 Å². The van der Waals surface area contributed by atoms with Crippen molar-refractivity contribution in [3.8, 4) is 0 Å². The van der Waals surface area contributed by atoms with Crippen LogP contribution in [0.1, 0.15) is 24.0 Å². The van der Waals surface area contributed by atoms with E-state index in [2.05, 4.69) is 54.0 Å². The topological polar surface area (TPSA) is 37.4 Å². The number of benzene rings is 2. The van der Waals surface area contributed by atoms with E-state index >= 15 is 0 Å². The van der Waals surface area contributed by atoms with Crippen molar-refractivity contribution in [3.05, 3.63) is 64.1 Å². The predicted octanol–water partition coefficient (Wildman–Crippen LogP) is 5.14. The van der Waals surface area contributed by atoms with Gasteiger partial charge in [-0.1, -0.05) is 46.3 Å². The predicted molar refractivity (Wildman–Crippen MR) is 112 cm³/mol. The Bertz CT molecular complexity index is 809. The Kier molecular flexibility index (Phi) is 5.88. The second-order valence-corrected chi connectivity index (χ2v) is 8.88. The standard InChI is InChI=1S/C13H12BrNO2S.C8H10/c14-9-2-1-3-10(6-9)15-11(16)7-13(12(15)17)4-5-18-8-13;1-7-5-3-4-6-8(7)2/h1-3,6H,4-5,7-8H2;3-6H,1-2H3. The molecule has 4 rings (SSSR count). The molecule has 2 aromatic rings. The molecule has 0 saturated carbocycles. The smallest absolute Gasteiger partial charge is 0.241 e. The van der Waals surface area contributed by atoms with Crippen LogP contribution < -0.4 is 4.90 Å². The molecule has 2 aliphatic heterocycles. The summed E-state index contributed by atoms with van der Waals surface area (Å²) in [6.45, 7) is 4.24. The Morgan fingerprint density at radius 2 is 1.73 bits per heavy atom. The fraction of sp³-hybridized carbons (Fsp3) is 0.333. The molecular weight excluding hydrogens is 410 g/mol. The number of hydrogen-bond donors (Lipinski definition) is 0. The largest absolute Gasteiger partial charge is 0.274 e. The van der Waals surface area contributed by atoms with Crippen LogP contribution in [-0.4, -0.2) is 23.3 Å². The number of thioether (sulfide) groups is 1. The maximum atomic E-state index is 12.5. The van der Waals surface area contributed by atoms with Crippen molar-refractivity contribution in [2.24, 2.45) is 5.41 Å². The molecule has 0 N–H and O–H groups in total. The normalized spacial score (nSPS) is 21.9. The van der Waals surface area contributed by atoms with Gasteiger partial charge in [-0.15, -0.1) is 0 Å². The quantitative estimate of drug-likeness (QED) is 0.586. The average molecular weight is 432 g/mol. The van der Waals surface area contributed by atoms with E-state index in [0.717, 1.165) is 22.4 Å². The minimum atomic E-state index is -0.427. The molecule has 1 spiro atoms. The fourth-order valence-electron chi connectivity index (χ4n) is 3.25. The van der Waals surface area contributed by atoms with Crippen molar-refractivity contribution in [3.63, 3.8) is 0 Å². The van der Waals surface area contributed by atoms with Gasteiger partial charge in [0.05, 0.1) is 11.1 Å². The SMILES string of the molecule is Cc1ccccc1C.O=C1CC2(CCSC2)C(=O)N1c1cccc(Br)c1. The number of halogens is 1. The van der Waals surface area contributed by atoms with Gasteiger partial charge in [0.25, 0.3) is 0 Å². The van der Waals surface area contributed by atoms with Gasteiger partial charge in [0, 0.05) is 16.6 Å². The Labute approximate surface area is 167 Å². The van der Waals surface area contributed by atoms with Crippen LogP contribution in [0.5, 0.6) is 0 Å². The molecule has 2 aromatic carbocycles. The zero-order valence-electron chi connectivity index (χ0n) is 15.0. The summed E-state index contributed by atoms with van der Waals surface area (Å²) in [6.07, 6.45) is 1.19. The molecule has 1 unspecified atom stereocenters. The lowest BCUT2D eigenvalue weighted by Gasteiger charge is -2.20. The molecule has 0 aliphatic carbocycles.